The van der Waals surface area contributed by atoms with Gasteiger partial charge in [0.2, 0.25) is 5.88 Å². The van der Waals surface area contributed by atoms with Gasteiger partial charge in [-0.1, -0.05) is 41.9 Å². The number of benzene rings is 2. The van der Waals surface area contributed by atoms with Gasteiger partial charge in [-0.05, 0) is 30.3 Å². The fourth-order valence-corrected chi connectivity index (χ4v) is 4.99. The first kappa shape index (κ1) is 24.5. The summed E-state index contributed by atoms with van der Waals surface area (Å²) in [6, 6.07) is 18.2. The van der Waals surface area contributed by atoms with Crippen LogP contribution in [-0.4, -0.2) is 51.6 Å². The number of pyridine rings is 1. The Morgan fingerprint density at radius 2 is 1.89 bits per heavy atom. The lowest BCUT2D eigenvalue weighted by Crippen LogP contribution is -2.66. The second-order valence-corrected chi connectivity index (χ2v) is 9.24. The van der Waals surface area contributed by atoms with Crippen LogP contribution < -0.4 is 15.4 Å². The lowest BCUT2D eigenvalue weighted by molar-refractivity contribution is -0.807. The first-order valence-electron chi connectivity index (χ1n) is 11.8. The number of urea groups is 1. The first-order chi connectivity index (χ1) is 17.9. The van der Waals surface area contributed by atoms with Crippen LogP contribution in [0.4, 0.5) is 10.5 Å². The van der Waals surface area contributed by atoms with Crippen LogP contribution in [0.15, 0.2) is 79.1 Å². The normalized spacial score (nSPS) is 19.0. The van der Waals surface area contributed by atoms with Crippen LogP contribution in [-0.2, 0) is 4.79 Å². The summed E-state index contributed by atoms with van der Waals surface area (Å²) < 4.78 is 5.25. The number of nitrogens with zero attached hydrogens (tertiary/aromatic N) is 3. The maximum Gasteiger partial charge on any atom is 0.424 e. The Labute approximate surface area is 218 Å². The Balaban J connectivity index is 1.49. The molecule has 9 nitrogen and oxygen atoms in total. The number of aromatic amines is 1. The lowest BCUT2D eigenvalue weighted by atomic mass is 10.1. The van der Waals surface area contributed by atoms with E-state index in [1.807, 2.05) is 6.07 Å². The Hall–Kier alpha value is -4.21. The van der Waals surface area contributed by atoms with Crippen molar-refractivity contribution < 1.29 is 23.6 Å². The van der Waals surface area contributed by atoms with E-state index in [9.17, 15) is 14.4 Å². The summed E-state index contributed by atoms with van der Waals surface area (Å²) in [5, 5.41) is 1.33. The van der Waals surface area contributed by atoms with Crippen LogP contribution in [0.3, 0.4) is 0 Å². The standard InChI is InChI=1S/C27H24ClN5O4/c28-21-16-31-22-15-18(11-12-20(21)22)26(35)32(19-7-2-1-3-8-19)17-24(34)33(27(29)36)14-6-10-25(33)37-23-9-4-5-13-30-23/h1-5,7-9,11-13,15-16,25H,6,10,14,17H2,(H2-,29,31,35,36)/p+1/t25?,33-/m1/s1. The highest BCUT2D eigenvalue weighted by Crippen LogP contribution is 2.31. The van der Waals surface area contributed by atoms with E-state index < -0.39 is 28.6 Å². The summed E-state index contributed by atoms with van der Waals surface area (Å²) in [6.07, 6.45) is 3.36. The van der Waals surface area contributed by atoms with E-state index in [1.165, 1.54) is 4.90 Å². The number of primary amides is 1. The quantitative estimate of drug-likeness (QED) is 0.365. The number of nitrogens with one attached hydrogen (secondary N) is 1. The van der Waals surface area contributed by atoms with Crippen LogP contribution >= 0.6 is 11.6 Å². The van der Waals surface area contributed by atoms with Gasteiger partial charge in [-0.3, -0.25) is 9.69 Å². The molecule has 0 bridgehead atoms. The van der Waals surface area contributed by atoms with Crippen LogP contribution in [0.1, 0.15) is 23.2 Å². The number of likely N-dealkylation sites (tertiary alicyclic amines) is 1. The molecule has 1 aliphatic heterocycles. The summed E-state index contributed by atoms with van der Waals surface area (Å²) in [5.74, 6) is -0.650. The van der Waals surface area contributed by atoms with Crippen molar-refractivity contribution in [3.8, 4) is 5.88 Å². The van der Waals surface area contributed by atoms with E-state index in [4.69, 9.17) is 22.1 Å². The van der Waals surface area contributed by atoms with Crippen LogP contribution in [0.2, 0.25) is 5.02 Å². The summed E-state index contributed by atoms with van der Waals surface area (Å²) in [5.41, 5.74) is 7.40. The zero-order chi connectivity index (χ0) is 26.0. The molecule has 0 spiro atoms. The third kappa shape index (κ3) is 4.54. The second-order valence-electron chi connectivity index (χ2n) is 8.83. The molecule has 1 fully saturated rings. The highest BCUT2D eigenvalue weighted by molar-refractivity contribution is 6.35. The number of halogens is 1. The topological polar surface area (TPSA) is 118 Å². The molecule has 4 aromatic rings. The third-order valence-electron chi connectivity index (χ3n) is 6.67. The molecule has 2 atom stereocenters. The molecule has 2 aromatic carbocycles. The number of carbonyl (C=O) groups is 3. The number of aromatic nitrogens is 2. The summed E-state index contributed by atoms with van der Waals surface area (Å²) >= 11 is 6.19. The van der Waals surface area contributed by atoms with Crippen molar-refractivity contribution >= 4 is 46.0 Å². The minimum absolute atomic E-state index is 0.176. The number of para-hydroxylation sites is 1. The largest absolute Gasteiger partial charge is 0.424 e. The van der Waals surface area contributed by atoms with E-state index in [2.05, 4.69) is 9.97 Å². The molecule has 0 radical (unpaired) electrons. The van der Waals surface area contributed by atoms with E-state index in [0.717, 1.165) is 5.39 Å². The maximum absolute atomic E-state index is 13.9. The molecule has 2 aromatic heterocycles. The minimum atomic E-state index is -0.843. The van der Waals surface area contributed by atoms with Crippen molar-refractivity contribution in [2.75, 3.05) is 18.0 Å². The molecule has 0 saturated carbocycles. The molecule has 37 heavy (non-hydrogen) atoms. The van der Waals surface area contributed by atoms with E-state index in [0.29, 0.717) is 40.5 Å². The Kier molecular flexibility index (Phi) is 6.64. The van der Waals surface area contributed by atoms with Gasteiger partial charge in [-0.25, -0.2) is 14.6 Å². The van der Waals surface area contributed by atoms with Gasteiger partial charge in [-0.15, -0.1) is 4.48 Å². The van der Waals surface area contributed by atoms with Crippen molar-refractivity contribution in [2.24, 2.45) is 5.73 Å². The molecule has 1 unspecified atom stereocenters. The number of quaternary nitrogens is 1. The number of ether oxygens (including phenoxy) is 1. The maximum atomic E-state index is 13.9. The van der Waals surface area contributed by atoms with Gasteiger partial charge < -0.3 is 15.5 Å². The van der Waals surface area contributed by atoms with Crippen molar-refractivity contribution in [1.29, 1.82) is 0 Å². The molecule has 188 valence electrons. The molecule has 1 aliphatic rings. The Morgan fingerprint density at radius 3 is 2.62 bits per heavy atom. The molecular weight excluding hydrogens is 494 g/mol. The highest BCUT2D eigenvalue weighted by atomic mass is 35.5. The fraction of sp³-hybridized carbons (Fsp3) is 0.185. The molecule has 5 rings (SSSR count). The van der Waals surface area contributed by atoms with E-state index in [-0.39, 0.29) is 13.1 Å². The fourth-order valence-electron chi connectivity index (χ4n) is 4.77. The predicted octanol–water partition coefficient (Wildman–Crippen LogP) is 4.48. The van der Waals surface area contributed by atoms with Crippen LogP contribution in [0, 0.1) is 0 Å². The number of amides is 4. The van der Waals surface area contributed by atoms with Gasteiger partial charge in [0.1, 0.15) is 6.54 Å². The molecule has 0 aliphatic carbocycles. The first-order valence-corrected chi connectivity index (χ1v) is 12.2. The average Bonchev–Trinajstić information content (AvgIpc) is 3.51. The number of hydrogen-bond donors (Lipinski definition) is 2. The van der Waals surface area contributed by atoms with Gasteiger partial charge >= 0.3 is 11.9 Å². The number of rotatable bonds is 6. The van der Waals surface area contributed by atoms with Gasteiger partial charge in [0.25, 0.3) is 12.1 Å². The van der Waals surface area contributed by atoms with Gasteiger partial charge in [0.15, 0.2) is 0 Å². The molecule has 10 heteroatoms. The van der Waals surface area contributed by atoms with Crippen LogP contribution in [0.5, 0.6) is 5.88 Å². The molecular formula is C27H25ClN5O4+. The van der Waals surface area contributed by atoms with Crippen molar-refractivity contribution in [3.05, 3.63) is 89.7 Å². The zero-order valence-electron chi connectivity index (χ0n) is 19.8. The minimum Gasteiger partial charge on any atom is -0.424 e. The second kappa shape index (κ2) is 10.0. The van der Waals surface area contributed by atoms with E-state index >= 15 is 0 Å². The van der Waals surface area contributed by atoms with Gasteiger partial charge in [0.05, 0.1) is 11.6 Å². The predicted molar refractivity (Wildman–Crippen MR) is 139 cm³/mol. The van der Waals surface area contributed by atoms with Crippen LogP contribution in [0.25, 0.3) is 10.9 Å². The number of H-pyrrole nitrogens is 1. The zero-order valence-corrected chi connectivity index (χ0v) is 20.6. The number of hydrogen-bond acceptors (Lipinski definition) is 5. The number of anilines is 1. The molecule has 1 saturated heterocycles. The van der Waals surface area contributed by atoms with Crippen molar-refractivity contribution in [2.45, 2.75) is 19.1 Å². The summed E-state index contributed by atoms with van der Waals surface area (Å²) in [6.45, 7) is -0.202. The monoisotopic (exact) mass is 518 g/mol. The lowest BCUT2D eigenvalue weighted by Gasteiger charge is -2.34. The average molecular weight is 519 g/mol. The molecule has 3 N–H and O–H groups in total. The molecule has 4 amide bonds. The van der Waals surface area contributed by atoms with Gasteiger partial charge in [-0.2, -0.15) is 0 Å². The smallest absolute Gasteiger partial charge is 0.424 e. The Morgan fingerprint density at radius 1 is 1.11 bits per heavy atom. The summed E-state index contributed by atoms with van der Waals surface area (Å²) in [4.78, 5) is 49.0. The highest BCUT2D eigenvalue weighted by Gasteiger charge is 2.55. The number of nitrogens with two attached hydrogens (primary N) is 1. The van der Waals surface area contributed by atoms with E-state index in [1.54, 1.807) is 73.1 Å². The molecule has 3 heterocycles. The third-order valence-corrected chi connectivity index (χ3v) is 6.98. The SMILES string of the molecule is NC(=O)[N@@+]1(C(=O)CN(C(=O)c2ccc3c(Cl)c[nH]c3c2)c2ccccc2)CCCC1Oc1ccccn1. The number of fused-ring (bicyclic) bond motifs is 1. The Bertz CT molecular complexity index is 1460. The summed E-state index contributed by atoms with van der Waals surface area (Å²) in [7, 11) is 0. The number of imide groups is 1. The van der Waals surface area contributed by atoms with Crippen molar-refractivity contribution in [3.63, 3.8) is 0 Å². The number of carbonyl (C=O) groups excluding carboxylic acids is 3. The van der Waals surface area contributed by atoms with Gasteiger partial charge in [0, 0.05) is 53.5 Å². The van der Waals surface area contributed by atoms with Crippen molar-refractivity contribution in [1.82, 2.24) is 9.97 Å².